The zero-order valence-corrected chi connectivity index (χ0v) is 5.74. The summed E-state index contributed by atoms with van der Waals surface area (Å²) in [5, 5.41) is 8.43. The lowest BCUT2D eigenvalue weighted by atomic mass is 10.3. The first-order valence-electron chi connectivity index (χ1n) is 2.74. The van der Waals surface area contributed by atoms with Gasteiger partial charge in [-0.15, -0.1) is 0 Å². The predicted molar refractivity (Wildman–Crippen MR) is 40.1 cm³/mol. The van der Waals surface area contributed by atoms with E-state index in [1.165, 1.54) is 12.3 Å². The summed E-state index contributed by atoms with van der Waals surface area (Å²) in [5.74, 6) is -0.995. The number of aliphatic imine (C=N–C) groups is 1. The van der Waals surface area contributed by atoms with Crippen molar-refractivity contribution in [2.75, 3.05) is 0 Å². The lowest BCUT2D eigenvalue weighted by Gasteiger charge is -1.88. The molecule has 54 valence electrons. The van der Waals surface area contributed by atoms with Gasteiger partial charge < -0.3 is 5.11 Å². The molecule has 0 rings (SSSR count). The minimum absolute atomic E-state index is 0.137. The van der Waals surface area contributed by atoms with Crippen LogP contribution in [0.4, 0.5) is 0 Å². The van der Waals surface area contributed by atoms with Gasteiger partial charge in [-0.25, -0.2) is 4.79 Å². The van der Waals surface area contributed by atoms with E-state index >= 15 is 0 Å². The molecule has 0 aromatic rings. The number of carboxylic acid groups (broad SMARTS) is 1. The van der Waals surface area contributed by atoms with Gasteiger partial charge in [0.15, 0.2) is 0 Å². The summed E-state index contributed by atoms with van der Waals surface area (Å²) in [6.45, 7) is 4.88. The number of rotatable bonds is 3. The molecule has 0 aromatic heterocycles. The molecular formula is C7H9NO2. The lowest BCUT2D eigenvalue weighted by Crippen LogP contribution is -1.96. The number of hydrogen-bond donors (Lipinski definition) is 1. The molecule has 3 heteroatoms. The number of carboxylic acids is 1. The fourth-order valence-corrected chi connectivity index (χ4v) is 0.447. The van der Waals surface area contributed by atoms with Gasteiger partial charge in [-0.1, -0.05) is 12.2 Å². The molecule has 0 spiro atoms. The van der Waals surface area contributed by atoms with Crippen LogP contribution in [0.25, 0.3) is 0 Å². The van der Waals surface area contributed by atoms with Gasteiger partial charge in [-0.05, 0) is 13.6 Å². The van der Waals surface area contributed by atoms with Crippen LogP contribution < -0.4 is 0 Å². The zero-order chi connectivity index (χ0) is 7.98. The van der Waals surface area contributed by atoms with Gasteiger partial charge in [0.25, 0.3) is 0 Å². The summed E-state index contributed by atoms with van der Waals surface area (Å²) >= 11 is 0. The van der Waals surface area contributed by atoms with E-state index in [1.54, 1.807) is 13.0 Å². The first kappa shape index (κ1) is 8.62. The monoisotopic (exact) mass is 139 g/mol. The Balaban J connectivity index is 4.41. The lowest BCUT2D eigenvalue weighted by molar-refractivity contribution is -0.132. The van der Waals surface area contributed by atoms with Crippen LogP contribution in [0, 0.1) is 0 Å². The van der Waals surface area contributed by atoms with Crippen molar-refractivity contribution >= 4 is 12.7 Å². The maximum Gasteiger partial charge on any atom is 0.337 e. The molecule has 0 atom stereocenters. The van der Waals surface area contributed by atoms with Crippen LogP contribution in [0.15, 0.2) is 28.9 Å². The molecule has 0 aliphatic rings. The Bertz CT molecular complexity index is 192. The van der Waals surface area contributed by atoms with Crippen LogP contribution >= 0.6 is 0 Å². The zero-order valence-electron chi connectivity index (χ0n) is 5.74. The SMILES string of the molecule is C=N/C=C(\C=C/C)C(=O)O. The Kier molecular flexibility index (Phi) is 3.87. The predicted octanol–water partition coefficient (Wildman–Crippen LogP) is 1.23. The molecule has 1 N–H and O–H groups in total. The highest BCUT2D eigenvalue weighted by molar-refractivity contribution is 5.89. The fourth-order valence-electron chi connectivity index (χ4n) is 0.447. The van der Waals surface area contributed by atoms with Crippen molar-refractivity contribution in [1.82, 2.24) is 0 Å². The van der Waals surface area contributed by atoms with Crippen LogP contribution in [0.2, 0.25) is 0 Å². The van der Waals surface area contributed by atoms with Crippen molar-refractivity contribution in [2.24, 2.45) is 4.99 Å². The Labute approximate surface area is 59.4 Å². The van der Waals surface area contributed by atoms with Crippen LogP contribution in [0.1, 0.15) is 6.92 Å². The third-order valence-corrected chi connectivity index (χ3v) is 0.824. The number of allylic oxidation sites excluding steroid dienone is 1. The van der Waals surface area contributed by atoms with E-state index in [0.717, 1.165) is 0 Å². The second kappa shape index (κ2) is 4.49. The Morgan fingerprint density at radius 1 is 1.70 bits per heavy atom. The van der Waals surface area contributed by atoms with Crippen LogP contribution in [0.3, 0.4) is 0 Å². The molecular weight excluding hydrogens is 130 g/mol. The van der Waals surface area contributed by atoms with Crippen molar-refractivity contribution in [3.05, 3.63) is 23.9 Å². The van der Waals surface area contributed by atoms with Crippen LogP contribution in [0.5, 0.6) is 0 Å². The largest absolute Gasteiger partial charge is 0.478 e. The van der Waals surface area contributed by atoms with Crippen molar-refractivity contribution in [2.45, 2.75) is 6.92 Å². The summed E-state index contributed by atoms with van der Waals surface area (Å²) < 4.78 is 0. The van der Waals surface area contributed by atoms with Gasteiger partial charge in [0, 0.05) is 6.20 Å². The van der Waals surface area contributed by atoms with Gasteiger partial charge in [0.2, 0.25) is 0 Å². The van der Waals surface area contributed by atoms with E-state index in [0.29, 0.717) is 0 Å². The maximum absolute atomic E-state index is 10.3. The third-order valence-electron chi connectivity index (χ3n) is 0.824. The molecule has 0 saturated carbocycles. The molecule has 0 unspecified atom stereocenters. The van der Waals surface area contributed by atoms with Gasteiger partial charge in [-0.3, -0.25) is 4.99 Å². The molecule has 0 radical (unpaired) electrons. The average Bonchev–Trinajstić information content (AvgIpc) is 1.87. The first-order valence-corrected chi connectivity index (χ1v) is 2.74. The third kappa shape index (κ3) is 2.81. The van der Waals surface area contributed by atoms with Crippen molar-refractivity contribution in [3.8, 4) is 0 Å². The van der Waals surface area contributed by atoms with E-state index in [4.69, 9.17) is 5.11 Å². The van der Waals surface area contributed by atoms with E-state index < -0.39 is 5.97 Å². The van der Waals surface area contributed by atoms with E-state index in [2.05, 4.69) is 11.7 Å². The number of hydrogen-bond acceptors (Lipinski definition) is 2. The number of carbonyl (C=O) groups is 1. The normalized spacial score (nSPS) is 11.9. The minimum Gasteiger partial charge on any atom is -0.478 e. The number of aliphatic carboxylic acids is 1. The first-order chi connectivity index (χ1) is 4.72. The second-order valence-corrected chi connectivity index (χ2v) is 1.57. The highest BCUT2D eigenvalue weighted by Gasteiger charge is 1.99. The average molecular weight is 139 g/mol. The topological polar surface area (TPSA) is 49.7 Å². The molecule has 10 heavy (non-hydrogen) atoms. The Hall–Kier alpha value is -1.38. The summed E-state index contributed by atoms with van der Waals surface area (Å²) in [7, 11) is 0. The highest BCUT2D eigenvalue weighted by atomic mass is 16.4. The Morgan fingerprint density at radius 2 is 2.30 bits per heavy atom. The molecule has 0 amide bonds. The van der Waals surface area contributed by atoms with Crippen LogP contribution in [-0.2, 0) is 4.79 Å². The molecule has 0 aliphatic heterocycles. The summed E-state index contributed by atoms with van der Waals surface area (Å²) in [4.78, 5) is 13.6. The molecule has 0 saturated heterocycles. The molecule has 0 fully saturated rings. The molecule has 0 aromatic carbocycles. The smallest absolute Gasteiger partial charge is 0.337 e. The fraction of sp³-hybridized carbons (Fsp3) is 0.143. The van der Waals surface area contributed by atoms with Crippen molar-refractivity contribution in [3.63, 3.8) is 0 Å². The van der Waals surface area contributed by atoms with Gasteiger partial charge in [0.05, 0.1) is 5.57 Å². The number of nitrogens with zero attached hydrogens (tertiary/aromatic N) is 1. The minimum atomic E-state index is -0.995. The molecule has 0 aliphatic carbocycles. The summed E-state index contributed by atoms with van der Waals surface area (Å²) in [6, 6.07) is 0. The van der Waals surface area contributed by atoms with E-state index in [1.807, 2.05) is 0 Å². The van der Waals surface area contributed by atoms with Gasteiger partial charge >= 0.3 is 5.97 Å². The molecule has 0 bridgehead atoms. The standard InChI is InChI=1S/C7H9NO2/c1-3-4-6(5-8-2)7(9)10/h3-5H,2H2,1H3,(H,9,10)/b4-3-,6-5+. The Morgan fingerprint density at radius 3 is 2.60 bits per heavy atom. The van der Waals surface area contributed by atoms with Gasteiger partial charge in [-0.2, -0.15) is 0 Å². The van der Waals surface area contributed by atoms with Gasteiger partial charge in [0.1, 0.15) is 0 Å². The molecule has 0 heterocycles. The van der Waals surface area contributed by atoms with Crippen molar-refractivity contribution in [1.29, 1.82) is 0 Å². The summed E-state index contributed by atoms with van der Waals surface area (Å²) in [5.41, 5.74) is 0.137. The van der Waals surface area contributed by atoms with Crippen molar-refractivity contribution < 1.29 is 9.90 Å². The second-order valence-electron chi connectivity index (χ2n) is 1.57. The van der Waals surface area contributed by atoms with E-state index in [-0.39, 0.29) is 5.57 Å². The quantitative estimate of drug-likeness (QED) is 0.363. The summed E-state index contributed by atoms with van der Waals surface area (Å²) in [6.07, 6.45) is 4.28. The molecule has 3 nitrogen and oxygen atoms in total. The highest BCUT2D eigenvalue weighted by Crippen LogP contribution is 1.96. The van der Waals surface area contributed by atoms with E-state index in [9.17, 15) is 4.79 Å². The van der Waals surface area contributed by atoms with Crippen LogP contribution in [-0.4, -0.2) is 17.8 Å². The maximum atomic E-state index is 10.3.